The second kappa shape index (κ2) is 5.76. The zero-order valence-corrected chi connectivity index (χ0v) is 12.1. The van der Waals surface area contributed by atoms with Gasteiger partial charge in [-0.05, 0) is 26.0 Å². The van der Waals surface area contributed by atoms with Crippen LogP contribution in [0, 0.1) is 0 Å². The van der Waals surface area contributed by atoms with Gasteiger partial charge in [0.05, 0.1) is 23.1 Å². The van der Waals surface area contributed by atoms with Crippen LogP contribution in [0.3, 0.4) is 0 Å². The molecule has 0 atom stereocenters. The maximum Gasteiger partial charge on any atom is 0.510 e. The van der Waals surface area contributed by atoms with Crippen molar-refractivity contribution in [1.29, 1.82) is 0 Å². The van der Waals surface area contributed by atoms with Gasteiger partial charge in [0.15, 0.2) is 0 Å². The van der Waals surface area contributed by atoms with Crippen LogP contribution in [-0.4, -0.2) is 23.1 Å². The second-order valence-corrected chi connectivity index (χ2v) is 5.20. The number of halogens is 2. The van der Waals surface area contributed by atoms with Gasteiger partial charge in [-0.2, -0.15) is 9.69 Å². The summed E-state index contributed by atoms with van der Waals surface area (Å²) in [5, 5.41) is 0.868. The summed E-state index contributed by atoms with van der Waals surface area (Å²) in [6.45, 7) is 3.80. The Labute approximate surface area is 116 Å². The molecule has 0 N–H and O–H groups in total. The van der Waals surface area contributed by atoms with Crippen molar-refractivity contribution in [2.24, 2.45) is 0 Å². The minimum atomic E-state index is -0.270. The lowest BCUT2D eigenvalue weighted by molar-refractivity contribution is -0.358. The molecule has 0 aromatic heterocycles. The van der Waals surface area contributed by atoms with Gasteiger partial charge in [-0.3, -0.25) is 0 Å². The second-order valence-electron chi connectivity index (χ2n) is 3.84. The van der Waals surface area contributed by atoms with Crippen LogP contribution in [0.2, 0.25) is 10.0 Å². The summed E-state index contributed by atoms with van der Waals surface area (Å²) in [5.41, 5.74) is 0.677. The molecular formula is C11H13Cl2N2OS+. The number of rotatable bonds is 2. The number of benzene rings is 1. The number of hydrogen-bond acceptors (Lipinski definition) is 2. The third kappa shape index (κ3) is 3.37. The normalized spacial score (nSPS) is 10.5. The minimum absolute atomic E-state index is 0.0230. The van der Waals surface area contributed by atoms with Crippen molar-refractivity contribution in [3.8, 4) is 0 Å². The fourth-order valence-electron chi connectivity index (χ4n) is 1.42. The third-order valence-electron chi connectivity index (χ3n) is 2.17. The summed E-state index contributed by atoms with van der Waals surface area (Å²) >= 11 is 16.6. The molecule has 0 saturated heterocycles. The van der Waals surface area contributed by atoms with E-state index in [0.717, 1.165) is 3.95 Å². The van der Waals surface area contributed by atoms with Gasteiger partial charge in [-0.25, -0.2) is 0 Å². The molecule has 3 nitrogen and oxygen atoms in total. The number of amides is 2. The molecule has 0 radical (unpaired) electrons. The van der Waals surface area contributed by atoms with Crippen LogP contribution in [0.5, 0.6) is 0 Å². The maximum atomic E-state index is 12.0. The largest absolute Gasteiger partial charge is 0.510 e. The highest BCUT2D eigenvalue weighted by Gasteiger charge is 2.29. The Balaban J connectivity index is 3.19. The minimum Gasteiger partial charge on any atom is -0.195 e. The van der Waals surface area contributed by atoms with E-state index in [0.29, 0.717) is 15.7 Å². The monoisotopic (exact) mass is 291 g/mol. The van der Waals surface area contributed by atoms with E-state index in [1.807, 2.05) is 13.8 Å². The molecule has 1 rings (SSSR count). The Bertz CT molecular complexity index is 463. The summed E-state index contributed by atoms with van der Waals surface area (Å²) in [4.78, 5) is 13.5. The Morgan fingerprint density at radius 3 is 2.35 bits per heavy atom. The van der Waals surface area contributed by atoms with Crippen molar-refractivity contribution < 1.29 is 8.74 Å². The number of carbonyl (C=O) groups excluding carboxylic acids is 1. The van der Waals surface area contributed by atoms with Crippen molar-refractivity contribution in [3.05, 3.63) is 28.2 Å². The van der Waals surface area contributed by atoms with Crippen LogP contribution in [-0.2, 0) is 12.4 Å². The third-order valence-corrected chi connectivity index (χ3v) is 3.07. The first-order valence-corrected chi connectivity index (χ1v) is 6.15. The van der Waals surface area contributed by atoms with Gasteiger partial charge in [0.1, 0.15) is 18.1 Å². The molecule has 0 fully saturated rings. The average Bonchev–Trinajstić information content (AvgIpc) is 2.22. The smallest absolute Gasteiger partial charge is 0.195 e. The first kappa shape index (κ1) is 14.4. The lowest BCUT2D eigenvalue weighted by Gasteiger charge is -2.18. The molecule has 0 bridgehead atoms. The lowest BCUT2D eigenvalue weighted by atomic mass is 10.2. The van der Waals surface area contributed by atoms with Crippen molar-refractivity contribution >= 4 is 47.3 Å². The van der Waals surface area contributed by atoms with Gasteiger partial charge >= 0.3 is 6.03 Å². The van der Waals surface area contributed by atoms with E-state index < -0.39 is 0 Å². The molecule has 2 amide bonds. The Kier molecular flexibility index (Phi) is 4.86. The summed E-state index contributed by atoms with van der Waals surface area (Å²) in [6.07, 6.45) is 0. The fraction of sp³-hybridized carbons (Fsp3) is 0.364. The predicted octanol–water partition coefficient (Wildman–Crippen LogP) is 3.70. The molecule has 1 aromatic rings. The summed E-state index contributed by atoms with van der Waals surface area (Å²) in [7, 11) is 1.53. The first-order chi connectivity index (χ1) is 7.84. The summed E-state index contributed by atoms with van der Waals surface area (Å²) < 4.78 is 1.11. The molecule has 0 aliphatic carbocycles. The molecule has 0 spiro atoms. The SMILES string of the molecule is CC(C)N(C(=O)[N+](C)=S)c1ccc(Cl)c(Cl)c1. The summed E-state index contributed by atoms with van der Waals surface area (Å²) in [6, 6.07) is 4.76. The van der Waals surface area contributed by atoms with Crippen molar-refractivity contribution in [2.75, 3.05) is 11.9 Å². The zero-order valence-electron chi connectivity index (χ0n) is 9.78. The highest BCUT2D eigenvalue weighted by Crippen LogP contribution is 2.28. The van der Waals surface area contributed by atoms with Crippen LogP contribution in [0.4, 0.5) is 10.5 Å². The van der Waals surface area contributed by atoms with E-state index in [-0.39, 0.29) is 12.1 Å². The van der Waals surface area contributed by atoms with E-state index in [2.05, 4.69) is 0 Å². The zero-order chi connectivity index (χ0) is 13.2. The first-order valence-electron chi connectivity index (χ1n) is 5.03. The molecular weight excluding hydrogens is 279 g/mol. The van der Waals surface area contributed by atoms with E-state index in [4.69, 9.17) is 35.6 Å². The van der Waals surface area contributed by atoms with Gasteiger partial charge in [-0.15, -0.1) is 3.95 Å². The molecule has 92 valence electrons. The van der Waals surface area contributed by atoms with E-state index >= 15 is 0 Å². The Morgan fingerprint density at radius 2 is 1.94 bits per heavy atom. The van der Waals surface area contributed by atoms with Gasteiger partial charge in [-0.1, -0.05) is 23.2 Å². The molecule has 6 heteroatoms. The number of urea groups is 1. The molecule has 17 heavy (non-hydrogen) atoms. The number of hydrogen-bond donors (Lipinski definition) is 0. The van der Waals surface area contributed by atoms with Crippen molar-refractivity contribution in [2.45, 2.75) is 19.9 Å². The average molecular weight is 292 g/mol. The molecule has 0 saturated carbocycles. The van der Waals surface area contributed by atoms with E-state index in [1.165, 1.54) is 7.05 Å². The highest BCUT2D eigenvalue weighted by atomic mass is 35.5. The van der Waals surface area contributed by atoms with E-state index in [1.54, 1.807) is 23.1 Å². The van der Waals surface area contributed by atoms with Gasteiger partial charge in [0.25, 0.3) is 0 Å². The van der Waals surface area contributed by atoms with Crippen LogP contribution in [0.25, 0.3) is 0 Å². The number of carbonyl (C=O) groups is 1. The Hall–Kier alpha value is -0.710. The van der Waals surface area contributed by atoms with Crippen molar-refractivity contribution in [1.82, 2.24) is 0 Å². The fourth-order valence-corrected chi connectivity index (χ4v) is 1.80. The van der Waals surface area contributed by atoms with Gasteiger partial charge in [0.2, 0.25) is 0 Å². The van der Waals surface area contributed by atoms with E-state index in [9.17, 15) is 4.79 Å². The molecule has 1 aromatic carbocycles. The lowest BCUT2D eigenvalue weighted by Crippen LogP contribution is -2.40. The van der Waals surface area contributed by atoms with Crippen molar-refractivity contribution in [3.63, 3.8) is 0 Å². The maximum absolute atomic E-state index is 12.0. The summed E-state index contributed by atoms with van der Waals surface area (Å²) in [5.74, 6) is 0. The standard InChI is InChI=1S/C11H13Cl2N2OS/c1-7(2)15(11(16)14(3)17)8-4-5-9(12)10(13)6-8/h4-7H,1-3H3/q+1. The van der Waals surface area contributed by atoms with Gasteiger partial charge in [0, 0.05) is 6.07 Å². The van der Waals surface area contributed by atoms with Crippen LogP contribution < -0.4 is 4.90 Å². The highest BCUT2D eigenvalue weighted by molar-refractivity contribution is 7.44. The van der Waals surface area contributed by atoms with Gasteiger partial charge < -0.3 is 0 Å². The van der Waals surface area contributed by atoms with Crippen LogP contribution in [0.15, 0.2) is 18.2 Å². The quantitative estimate of drug-likeness (QED) is 0.776. The number of anilines is 1. The van der Waals surface area contributed by atoms with Crippen LogP contribution in [0.1, 0.15) is 13.8 Å². The topological polar surface area (TPSA) is 23.3 Å². The molecule has 0 aliphatic rings. The van der Waals surface area contributed by atoms with Crippen LogP contribution >= 0.6 is 23.2 Å². The Morgan fingerprint density at radius 1 is 1.35 bits per heavy atom. The molecule has 0 aliphatic heterocycles. The predicted molar refractivity (Wildman–Crippen MR) is 73.0 cm³/mol. The molecule has 0 unspecified atom stereocenters. The molecule has 0 heterocycles. The number of nitrogens with zero attached hydrogens (tertiary/aromatic N) is 2.